The third-order valence-corrected chi connectivity index (χ3v) is 5.27. The van der Waals surface area contributed by atoms with Gasteiger partial charge in [0.05, 0.1) is 12.2 Å². The van der Waals surface area contributed by atoms with Gasteiger partial charge in [0.1, 0.15) is 6.10 Å². The third kappa shape index (κ3) is 4.00. The summed E-state index contributed by atoms with van der Waals surface area (Å²) in [4.78, 5) is 26.4. The first-order valence-electron chi connectivity index (χ1n) is 9.06. The van der Waals surface area contributed by atoms with Crippen molar-refractivity contribution < 1.29 is 18.7 Å². The van der Waals surface area contributed by atoms with Gasteiger partial charge in [0, 0.05) is 13.1 Å². The fraction of sp³-hybridized carbons (Fsp3) is 0.684. The summed E-state index contributed by atoms with van der Waals surface area (Å²) in [5.74, 6) is 1.35. The smallest absolute Gasteiger partial charge is 0.309 e. The Labute approximate surface area is 143 Å². The summed E-state index contributed by atoms with van der Waals surface area (Å²) in [5, 5.41) is 0. The standard InChI is InChI=1S/C19H27NO4/c1-13-10-14(2)12-16(11-13)24-19(22)15-5-7-20(8-6-15)18(21)17-4-3-9-23-17/h3-4,9,13-16H,5-8,10-12H2,1-2H3/t13-,14-/m0/s1. The van der Waals surface area contributed by atoms with Crippen molar-refractivity contribution in [2.24, 2.45) is 17.8 Å². The van der Waals surface area contributed by atoms with Crippen LogP contribution in [-0.2, 0) is 9.53 Å². The van der Waals surface area contributed by atoms with E-state index in [1.165, 1.54) is 12.7 Å². The number of furan rings is 1. The van der Waals surface area contributed by atoms with E-state index in [9.17, 15) is 9.59 Å². The second-order valence-electron chi connectivity index (χ2n) is 7.52. The average molecular weight is 333 g/mol. The molecule has 2 heterocycles. The lowest BCUT2D eigenvalue weighted by Crippen LogP contribution is -2.41. The van der Waals surface area contributed by atoms with Gasteiger partial charge in [-0.2, -0.15) is 0 Å². The van der Waals surface area contributed by atoms with Gasteiger partial charge >= 0.3 is 5.97 Å². The first-order valence-corrected chi connectivity index (χ1v) is 9.06. The Balaban J connectivity index is 1.47. The number of amides is 1. The van der Waals surface area contributed by atoms with Gasteiger partial charge in [-0.15, -0.1) is 0 Å². The zero-order valence-corrected chi connectivity index (χ0v) is 14.6. The average Bonchev–Trinajstić information content (AvgIpc) is 3.07. The van der Waals surface area contributed by atoms with Crippen LogP contribution >= 0.6 is 0 Å². The van der Waals surface area contributed by atoms with E-state index in [-0.39, 0.29) is 23.9 Å². The predicted octanol–water partition coefficient (Wildman–Crippen LogP) is 3.50. The van der Waals surface area contributed by atoms with Crippen LogP contribution in [0.3, 0.4) is 0 Å². The summed E-state index contributed by atoms with van der Waals surface area (Å²) in [6, 6.07) is 3.39. The van der Waals surface area contributed by atoms with Crippen molar-refractivity contribution in [2.45, 2.75) is 52.1 Å². The number of likely N-dealkylation sites (tertiary alicyclic amines) is 1. The molecule has 24 heavy (non-hydrogen) atoms. The van der Waals surface area contributed by atoms with Gasteiger partial charge in [0.25, 0.3) is 5.91 Å². The van der Waals surface area contributed by atoms with Crippen LogP contribution in [0.25, 0.3) is 0 Å². The van der Waals surface area contributed by atoms with E-state index in [2.05, 4.69) is 13.8 Å². The highest BCUT2D eigenvalue weighted by molar-refractivity contribution is 5.91. The Hall–Kier alpha value is -1.78. The highest BCUT2D eigenvalue weighted by atomic mass is 16.5. The summed E-state index contributed by atoms with van der Waals surface area (Å²) in [6.45, 7) is 5.62. The molecule has 1 saturated heterocycles. The van der Waals surface area contributed by atoms with Crippen molar-refractivity contribution in [1.29, 1.82) is 0 Å². The Morgan fingerprint density at radius 3 is 2.38 bits per heavy atom. The van der Waals surface area contributed by atoms with Crippen molar-refractivity contribution >= 4 is 11.9 Å². The predicted molar refractivity (Wildman–Crippen MR) is 89.4 cm³/mol. The van der Waals surface area contributed by atoms with Crippen LogP contribution in [0.4, 0.5) is 0 Å². The fourth-order valence-corrected chi connectivity index (χ4v) is 4.10. The van der Waals surface area contributed by atoms with Crippen LogP contribution in [-0.4, -0.2) is 36.0 Å². The van der Waals surface area contributed by atoms with Gasteiger partial charge in [0.15, 0.2) is 5.76 Å². The normalized spacial score (nSPS) is 28.6. The van der Waals surface area contributed by atoms with Crippen molar-refractivity contribution in [2.75, 3.05) is 13.1 Å². The first-order chi connectivity index (χ1) is 11.5. The Bertz CT molecular complexity index is 550. The number of rotatable bonds is 3. The van der Waals surface area contributed by atoms with Gasteiger partial charge in [-0.25, -0.2) is 0 Å². The lowest BCUT2D eigenvalue weighted by atomic mass is 9.81. The Morgan fingerprint density at radius 1 is 1.12 bits per heavy atom. The lowest BCUT2D eigenvalue weighted by Gasteiger charge is -2.34. The van der Waals surface area contributed by atoms with Crippen molar-refractivity contribution in [3.63, 3.8) is 0 Å². The summed E-state index contributed by atoms with van der Waals surface area (Å²) in [6.07, 6.45) is 6.09. The third-order valence-electron chi connectivity index (χ3n) is 5.27. The lowest BCUT2D eigenvalue weighted by molar-refractivity contribution is -0.158. The molecule has 0 radical (unpaired) electrons. The molecule has 2 fully saturated rings. The van der Waals surface area contributed by atoms with Crippen molar-refractivity contribution in [3.8, 4) is 0 Å². The number of hydrogen-bond donors (Lipinski definition) is 0. The zero-order valence-electron chi connectivity index (χ0n) is 14.6. The maximum atomic E-state index is 12.4. The minimum absolute atomic E-state index is 0.0685. The number of ether oxygens (including phenoxy) is 1. The van der Waals surface area contributed by atoms with Gasteiger partial charge in [0.2, 0.25) is 0 Å². The molecule has 0 unspecified atom stereocenters. The van der Waals surface area contributed by atoms with E-state index in [0.29, 0.717) is 43.5 Å². The van der Waals surface area contributed by atoms with Gasteiger partial charge in [-0.3, -0.25) is 9.59 Å². The summed E-state index contributed by atoms with van der Waals surface area (Å²) in [5.41, 5.74) is 0. The molecule has 5 nitrogen and oxygen atoms in total. The minimum Gasteiger partial charge on any atom is -0.462 e. The summed E-state index contributed by atoms with van der Waals surface area (Å²) >= 11 is 0. The SMILES string of the molecule is C[C@@H]1CC(OC(=O)C2CCN(C(=O)c3ccco3)CC2)C[C@@H](C)C1. The van der Waals surface area contributed by atoms with E-state index < -0.39 is 0 Å². The molecule has 1 aliphatic carbocycles. The summed E-state index contributed by atoms with van der Waals surface area (Å²) in [7, 11) is 0. The Kier molecular flexibility index (Phi) is 5.27. The van der Waals surface area contributed by atoms with E-state index in [0.717, 1.165) is 12.8 Å². The second-order valence-corrected chi connectivity index (χ2v) is 7.52. The van der Waals surface area contributed by atoms with Gasteiger partial charge in [-0.1, -0.05) is 13.8 Å². The number of hydrogen-bond acceptors (Lipinski definition) is 4. The number of piperidine rings is 1. The molecule has 2 atom stereocenters. The van der Waals surface area contributed by atoms with E-state index in [1.54, 1.807) is 17.0 Å². The molecule has 1 aromatic heterocycles. The molecule has 3 rings (SSSR count). The highest BCUT2D eigenvalue weighted by Crippen LogP contribution is 2.31. The largest absolute Gasteiger partial charge is 0.462 e. The molecule has 5 heteroatoms. The molecule has 1 amide bonds. The molecule has 0 spiro atoms. The molecule has 1 saturated carbocycles. The number of nitrogens with zero attached hydrogens (tertiary/aromatic N) is 1. The molecule has 2 aliphatic rings. The molecule has 0 aromatic carbocycles. The van der Waals surface area contributed by atoms with Gasteiger partial charge < -0.3 is 14.1 Å². The van der Waals surface area contributed by atoms with Crippen molar-refractivity contribution in [1.82, 2.24) is 4.90 Å². The van der Waals surface area contributed by atoms with Crippen LogP contribution < -0.4 is 0 Å². The summed E-state index contributed by atoms with van der Waals surface area (Å²) < 4.78 is 10.9. The topological polar surface area (TPSA) is 59.8 Å². The minimum atomic E-state index is -0.0956. The number of carbonyl (C=O) groups is 2. The monoisotopic (exact) mass is 333 g/mol. The molecular weight excluding hydrogens is 306 g/mol. The Morgan fingerprint density at radius 2 is 1.79 bits per heavy atom. The molecule has 1 aromatic rings. The second kappa shape index (κ2) is 7.41. The van der Waals surface area contributed by atoms with Crippen LogP contribution in [0.1, 0.15) is 56.5 Å². The molecule has 0 N–H and O–H groups in total. The fourth-order valence-electron chi connectivity index (χ4n) is 4.10. The number of carbonyl (C=O) groups excluding carboxylic acids is 2. The molecule has 1 aliphatic heterocycles. The highest BCUT2D eigenvalue weighted by Gasteiger charge is 2.32. The molecule has 0 bridgehead atoms. The van der Waals surface area contributed by atoms with E-state index in [1.807, 2.05) is 0 Å². The van der Waals surface area contributed by atoms with Crippen LogP contribution in [0, 0.1) is 17.8 Å². The maximum Gasteiger partial charge on any atom is 0.309 e. The van der Waals surface area contributed by atoms with Crippen LogP contribution in [0.2, 0.25) is 0 Å². The molecular formula is C19H27NO4. The zero-order chi connectivity index (χ0) is 17.1. The van der Waals surface area contributed by atoms with E-state index >= 15 is 0 Å². The van der Waals surface area contributed by atoms with Gasteiger partial charge in [-0.05, 0) is 56.1 Å². The van der Waals surface area contributed by atoms with Crippen LogP contribution in [0.5, 0.6) is 0 Å². The number of esters is 1. The maximum absolute atomic E-state index is 12.4. The van der Waals surface area contributed by atoms with E-state index in [4.69, 9.17) is 9.15 Å². The quantitative estimate of drug-likeness (QED) is 0.794. The van der Waals surface area contributed by atoms with Crippen molar-refractivity contribution in [3.05, 3.63) is 24.2 Å². The first kappa shape index (κ1) is 17.1. The molecule has 132 valence electrons. The van der Waals surface area contributed by atoms with Crippen LogP contribution in [0.15, 0.2) is 22.8 Å².